The van der Waals surface area contributed by atoms with Crippen molar-refractivity contribution in [2.45, 2.75) is 37.5 Å². The highest BCUT2D eigenvalue weighted by Gasteiger charge is 2.36. The van der Waals surface area contributed by atoms with Gasteiger partial charge in [-0.1, -0.05) is 36.9 Å². The number of esters is 1. The van der Waals surface area contributed by atoms with Gasteiger partial charge in [0.2, 0.25) is 5.82 Å². The molecule has 1 atom stereocenters. The molecule has 1 aliphatic rings. The van der Waals surface area contributed by atoms with E-state index >= 15 is 0 Å². The number of urea groups is 1. The molecule has 160 valence electrons. The minimum atomic E-state index is -4.70. The third-order valence-corrected chi connectivity index (χ3v) is 5.34. The zero-order chi connectivity index (χ0) is 21.9. The molecule has 3 rings (SSSR count). The van der Waals surface area contributed by atoms with E-state index < -0.39 is 30.0 Å². The van der Waals surface area contributed by atoms with Gasteiger partial charge in [-0.05, 0) is 19.4 Å². The Hall–Kier alpha value is -2.82. The van der Waals surface area contributed by atoms with Gasteiger partial charge in [0.15, 0.2) is 0 Å². The maximum absolute atomic E-state index is 13.2. The van der Waals surface area contributed by atoms with Crippen molar-refractivity contribution in [3.63, 3.8) is 0 Å². The molecule has 2 N–H and O–H groups in total. The molecule has 0 radical (unpaired) electrons. The number of benzene rings is 1. The summed E-state index contributed by atoms with van der Waals surface area (Å²) < 4.78 is 44.8. The Morgan fingerprint density at radius 2 is 1.97 bits per heavy atom. The maximum Gasteiger partial charge on any atom is 0.451 e. The molecule has 0 spiro atoms. The molecule has 2 aromatic rings. The minimum Gasteiger partial charge on any atom is -0.463 e. The molecule has 0 aliphatic carbocycles. The number of carbonyl (C=O) groups is 2. The van der Waals surface area contributed by atoms with Crippen LogP contribution in [0.2, 0.25) is 0 Å². The molecule has 11 heteroatoms. The number of nitrogens with one attached hydrogen (secondary N) is 2. The quantitative estimate of drug-likeness (QED) is 0.405. The van der Waals surface area contributed by atoms with Crippen molar-refractivity contribution in [1.82, 2.24) is 20.6 Å². The lowest BCUT2D eigenvalue weighted by Crippen LogP contribution is -2.50. The van der Waals surface area contributed by atoms with Crippen LogP contribution in [0, 0.1) is 0 Å². The first-order valence-electron chi connectivity index (χ1n) is 9.19. The van der Waals surface area contributed by atoms with Crippen LogP contribution in [0.3, 0.4) is 0 Å². The van der Waals surface area contributed by atoms with Crippen molar-refractivity contribution in [2.24, 2.45) is 0 Å². The molecule has 7 nitrogen and oxygen atoms in total. The van der Waals surface area contributed by atoms with E-state index in [1.54, 1.807) is 32.0 Å². The first-order valence-corrected chi connectivity index (χ1v) is 10.2. The Kier molecular flexibility index (Phi) is 6.49. The number of alkyl halides is 3. The highest BCUT2D eigenvalue weighted by Crippen LogP contribution is 2.33. The van der Waals surface area contributed by atoms with E-state index in [0.717, 1.165) is 11.8 Å². The lowest BCUT2D eigenvalue weighted by molar-refractivity contribution is -0.145. The summed E-state index contributed by atoms with van der Waals surface area (Å²) in [5.41, 5.74) is 0.689. The normalized spacial score (nSPS) is 17.0. The van der Waals surface area contributed by atoms with Gasteiger partial charge in [0.05, 0.1) is 23.7 Å². The Labute approximate surface area is 174 Å². The number of amides is 2. The van der Waals surface area contributed by atoms with Crippen LogP contribution in [0.5, 0.6) is 0 Å². The molecule has 2 amide bonds. The monoisotopic (exact) mass is 440 g/mol. The zero-order valence-corrected chi connectivity index (χ0v) is 17.0. The van der Waals surface area contributed by atoms with E-state index in [4.69, 9.17) is 4.74 Å². The number of fused-ring (bicyclic) bond motifs is 1. The smallest absolute Gasteiger partial charge is 0.451 e. The van der Waals surface area contributed by atoms with Crippen LogP contribution in [-0.4, -0.2) is 40.4 Å². The third kappa shape index (κ3) is 4.66. The Balaban J connectivity index is 2.00. The summed E-state index contributed by atoms with van der Waals surface area (Å²) in [6.07, 6.45) is -4.25. The highest BCUT2D eigenvalue weighted by molar-refractivity contribution is 7.99. The zero-order valence-electron chi connectivity index (χ0n) is 16.2. The number of thioether (sulfide) groups is 1. The summed E-state index contributed by atoms with van der Waals surface area (Å²) in [5.74, 6) is -1.81. The van der Waals surface area contributed by atoms with Gasteiger partial charge in [0, 0.05) is 16.8 Å². The summed E-state index contributed by atoms with van der Waals surface area (Å²) >= 11 is 0.981. The van der Waals surface area contributed by atoms with E-state index in [1.165, 1.54) is 6.07 Å². The maximum atomic E-state index is 13.2. The lowest BCUT2D eigenvalue weighted by atomic mass is 10.0. The van der Waals surface area contributed by atoms with Crippen molar-refractivity contribution in [2.75, 3.05) is 12.4 Å². The van der Waals surface area contributed by atoms with Gasteiger partial charge in [0.1, 0.15) is 5.03 Å². The molecule has 1 aliphatic heterocycles. The summed E-state index contributed by atoms with van der Waals surface area (Å²) in [5, 5.41) is 5.77. The SMILES string of the molecule is CCOC(=O)C1=C(CSc2nc(C(F)(F)F)nc3ccccc23)NC(=O)NC1CC. The fourth-order valence-corrected chi connectivity index (χ4v) is 3.99. The molecular weight excluding hydrogens is 421 g/mol. The molecular formula is C19H19F3N4O3S. The second kappa shape index (κ2) is 8.90. The first-order chi connectivity index (χ1) is 14.2. The summed E-state index contributed by atoms with van der Waals surface area (Å²) in [4.78, 5) is 31.7. The number of nitrogens with zero attached hydrogens (tertiary/aromatic N) is 2. The lowest BCUT2D eigenvalue weighted by Gasteiger charge is -2.28. The average molecular weight is 440 g/mol. The van der Waals surface area contributed by atoms with Gasteiger partial charge in [-0.15, -0.1) is 0 Å². The van der Waals surface area contributed by atoms with E-state index in [-0.39, 0.29) is 34.2 Å². The van der Waals surface area contributed by atoms with Crippen LogP contribution in [0.25, 0.3) is 10.9 Å². The fourth-order valence-electron chi connectivity index (χ4n) is 3.00. The van der Waals surface area contributed by atoms with Crippen LogP contribution >= 0.6 is 11.8 Å². The van der Waals surface area contributed by atoms with Crippen LogP contribution in [-0.2, 0) is 15.7 Å². The topological polar surface area (TPSA) is 93.2 Å². The van der Waals surface area contributed by atoms with Gasteiger partial charge in [-0.3, -0.25) is 0 Å². The van der Waals surface area contributed by atoms with Crippen molar-refractivity contribution >= 4 is 34.7 Å². The van der Waals surface area contributed by atoms with Gasteiger partial charge in [-0.25, -0.2) is 19.6 Å². The van der Waals surface area contributed by atoms with E-state index in [9.17, 15) is 22.8 Å². The highest BCUT2D eigenvalue weighted by atomic mass is 32.2. The summed E-state index contributed by atoms with van der Waals surface area (Å²) in [7, 11) is 0. The van der Waals surface area contributed by atoms with Gasteiger partial charge >= 0.3 is 18.2 Å². The standard InChI is InChI=1S/C19H19F3N4O3S/c1-3-11-14(16(27)29-4-2)13(25-18(28)24-11)9-30-15-10-7-5-6-8-12(10)23-17(26-15)19(20,21)22/h5-8,11H,3-4,9H2,1-2H3,(H2,24,25,28). The van der Waals surface area contributed by atoms with E-state index in [1.807, 2.05) is 0 Å². The molecule has 0 saturated carbocycles. The van der Waals surface area contributed by atoms with Crippen LogP contribution in [0.15, 0.2) is 40.6 Å². The predicted molar refractivity (Wildman–Crippen MR) is 105 cm³/mol. The Morgan fingerprint density at radius 1 is 1.23 bits per heavy atom. The molecule has 2 heterocycles. The fraction of sp³-hybridized carbons (Fsp3) is 0.368. The van der Waals surface area contributed by atoms with E-state index in [2.05, 4.69) is 20.6 Å². The molecule has 1 aromatic heterocycles. The molecule has 1 aromatic carbocycles. The Morgan fingerprint density at radius 3 is 2.63 bits per heavy atom. The molecule has 0 bridgehead atoms. The number of aromatic nitrogens is 2. The van der Waals surface area contributed by atoms with Gasteiger partial charge in [-0.2, -0.15) is 13.2 Å². The molecule has 1 unspecified atom stereocenters. The third-order valence-electron chi connectivity index (χ3n) is 4.32. The number of carbonyl (C=O) groups excluding carboxylic acids is 2. The number of halogens is 3. The average Bonchev–Trinajstić information content (AvgIpc) is 2.70. The van der Waals surface area contributed by atoms with Crippen molar-refractivity contribution in [3.8, 4) is 0 Å². The van der Waals surface area contributed by atoms with Crippen molar-refractivity contribution in [1.29, 1.82) is 0 Å². The van der Waals surface area contributed by atoms with E-state index in [0.29, 0.717) is 11.8 Å². The summed E-state index contributed by atoms with van der Waals surface area (Å²) in [6, 6.07) is 5.30. The summed E-state index contributed by atoms with van der Waals surface area (Å²) in [6.45, 7) is 3.61. The number of hydrogen-bond acceptors (Lipinski definition) is 6. The van der Waals surface area contributed by atoms with Gasteiger partial charge in [0.25, 0.3) is 0 Å². The second-order valence-corrected chi connectivity index (χ2v) is 7.29. The van der Waals surface area contributed by atoms with Crippen LogP contribution < -0.4 is 10.6 Å². The number of hydrogen-bond donors (Lipinski definition) is 2. The largest absolute Gasteiger partial charge is 0.463 e. The molecule has 0 fully saturated rings. The van der Waals surface area contributed by atoms with Crippen LogP contribution in [0.4, 0.5) is 18.0 Å². The molecule has 30 heavy (non-hydrogen) atoms. The van der Waals surface area contributed by atoms with Gasteiger partial charge < -0.3 is 15.4 Å². The van der Waals surface area contributed by atoms with Crippen LogP contribution in [0.1, 0.15) is 26.1 Å². The van der Waals surface area contributed by atoms with Crippen molar-refractivity contribution < 1.29 is 27.5 Å². The number of rotatable bonds is 6. The predicted octanol–water partition coefficient (Wildman–Crippen LogP) is 3.65. The minimum absolute atomic E-state index is 0.0242. The number of ether oxygens (including phenoxy) is 1. The van der Waals surface area contributed by atoms with Crippen molar-refractivity contribution in [3.05, 3.63) is 41.4 Å². The first kappa shape index (κ1) is 21.9. The Bertz CT molecular complexity index is 1010. The number of para-hydroxylation sites is 1. The molecule has 0 saturated heterocycles. The second-order valence-electron chi connectivity index (χ2n) is 6.33.